The summed E-state index contributed by atoms with van der Waals surface area (Å²) < 4.78 is 0. The SMILES string of the molecule is C#CC(C)(Nc1ccccc1)c1ccccc1. The third-order valence-corrected chi connectivity index (χ3v) is 2.81. The summed E-state index contributed by atoms with van der Waals surface area (Å²) in [5.74, 6) is 2.83. The number of anilines is 1. The molecule has 2 aromatic carbocycles. The molecule has 1 unspecified atom stereocenters. The molecule has 0 amide bonds. The normalized spacial score (nSPS) is 13.4. The minimum Gasteiger partial charge on any atom is -0.366 e. The van der Waals surface area contributed by atoms with Crippen molar-refractivity contribution in [2.24, 2.45) is 0 Å². The zero-order chi connectivity index (χ0) is 12.1. The zero-order valence-electron chi connectivity index (χ0n) is 9.85. The molecule has 0 heterocycles. The van der Waals surface area contributed by atoms with Crippen molar-refractivity contribution in [1.29, 1.82) is 0 Å². The number of rotatable bonds is 3. The quantitative estimate of drug-likeness (QED) is 0.780. The van der Waals surface area contributed by atoms with Crippen LogP contribution in [0.2, 0.25) is 0 Å². The largest absolute Gasteiger partial charge is 0.366 e. The van der Waals surface area contributed by atoms with Gasteiger partial charge in [0.05, 0.1) is 0 Å². The van der Waals surface area contributed by atoms with E-state index in [9.17, 15) is 0 Å². The minimum atomic E-state index is -0.484. The third-order valence-electron chi connectivity index (χ3n) is 2.81. The van der Waals surface area contributed by atoms with Crippen molar-refractivity contribution < 1.29 is 0 Å². The van der Waals surface area contributed by atoms with E-state index in [0.29, 0.717) is 0 Å². The van der Waals surface area contributed by atoms with Gasteiger partial charge in [-0.05, 0) is 24.6 Å². The average molecular weight is 221 g/mol. The maximum atomic E-state index is 5.67. The second-order valence-electron chi connectivity index (χ2n) is 4.13. The second-order valence-corrected chi connectivity index (χ2v) is 4.13. The molecule has 1 heteroatoms. The molecule has 1 atom stereocenters. The molecular weight excluding hydrogens is 206 g/mol. The van der Waals surface area contributed by atoms with Crippen molar-refractivity contribution in [3.63, 3.8) is 0 Å². The lowest BCUT2D eigenvalue weighted by Gasteiger charge is -2.27. The first-order valence-corrected chi connectivity index (χ1v) is 5.61. The van der Waals surface area contributed by atoms with Crippen LogP contribution in [-0.2, 0) is 5.54 Å². The highest BCUT2D eigenvalue weighted by Gasteiger charge is 2.22. The molecule has 0 fully saturated rings. The fourth-order valence-corrected chi connectivity index (χ4v) is 1.77. The molecule has 0 aliphatic carbocycles. The Morgan fingerprint density at radius 2 is 1.47 bits per heavy atom. The Bertz CT molecular complexity index is 510. The van der Waals surface area contributed by atoms with Crippen LogP contribution in [0.1, 0.15) is 12.5 Å². The van der Waals surface area contributed by atoms with Crippen molar-refractivity contribution in [1.82, 2.24) is 0 Å². The number of hydrogen-bond donors (Lipinski definition) is 1. The summed E-state index contributed by atoms with van der Waals surface area (Å²) >= 11 is 0. The minimum absolute atomic E-state index is 0.484. The second kappa shape index (κ2) is 4.76. The molecular formula is C16H15N. The Balaban J connectivity index is 2.31. The number of para-hydroxylation sites is 1. The summed E-state index contributed by atoms with van der Waals surface area (Å²) in [4.78, 5) is 0. The first-order valence-electron chi connectivity index (χ1n) is 5.61. The summed E-state index contributed by atoms with van der Waals surface area (Å²) in [5, 5.41) is 3.39. The van der Waals surface area contributed by atoms with Gasteiger partial charge in [0, 0.05) is 5.69 Å². The van der Waals surface area contributed by atoms with E-state index in [0.717, 1.165) is 11.3 Å². The number of hydrogen-bond acceptors (Lipinski definition) is 1. The number of nitrogens with one attached hydrogen (secondary N) is 1. The molecule has 0 spiro atoms. The van der Waals surface area contributed by atoms with E-state index in [2.05, 4.69) is 11.2 Å². The highest BCUT2D eigenvalue weighted by atomic mass is 15.0. The zero-order valence-corrected chi connectivity index (χ0v) is 9.85. The molecule has 2 rings (SSSR count). The van der Waals surface area contributed by atoms with Gasteiger partial charge in [0.15, 0.2) is 0 Å². The molecule has 0 aliphatic heterocycles. The smallest absolute Gasteiger partial charge is 0.121 e. The molecule has 1 nitrogen and oxygen atoms in total. The van der Waals surface area contributed by atoms with Crippen LogP contribution in [0.4, 0.5) is 5.69 Å². The van der Waals surface area contributed by atoms with Crippen molar-refractivity contribution in [2.45, 2.75) is 12.5 Å². The Labute approximate surface area is 102 Å². The lowest BCUT2D eigenvalue weighted by atomic mass is 9.92. The van der Waals surface area contributed by atoms with Gasteiger partial charge < -0.3 is 5.32 Å². The van der Waals surface area contributed by atoms with Crippen molar-refractivity contribution in [3.8, 4) is 12.3 Å². The molecule has 84 valence electrons. The third kappa shape index (κ3) is 2.49. The van der Waals surface area contributed by atoms with Crippen LogP contribution in [0.25, 0.3) is 0 Å². The van der Waals surface area contributed by atoms with E-state index in [-0.39, 0.29) is 0 Å². The van der Waals surface area contributed by atoms with Crippen LogP contribution in [0.3, 0.4) is 0 Å². The van der Waals surface area contributed by atoms with E-state index in [1.54, 1.807) is 0 Å². The van der Waals surface area contributed by atoms with Crippen molar-refractivity contribution in [3.05, 3.63) is 66.2 Å². The van der Waals surface area contributed by atoms with Gasteiger partial charge in [-0.25, -0.2) is 0 Å². The molecule has 0 saturated heterocycles. The molecule has 1 N–H and O–H groups in total. The molecule has 2 aromatic rings. The van der Waals surface area contributed by atoms with Crippen LogP contribution in [0.15, 0.2) is 60.7 Å². The van der Waals surface area contributed by atoms with E-state index in [4.69, 9.17) is 6.42 Å². The van der Waals surface area contributed by atoms with E-state index >= 15 is 0 Å². The van der Waals surface area contributed by atoms with Gasteiger partial charge in [0.2, 0.25) is 0 Å². The highest BCUT2D eigenvalue weighted by molar-refractivity contribution is 5.51. The molecule has 0 bridgehead atoms. The van der Waals surface area contributed by atoms with Gasteiger partial charge in [-0.3, -0.25) is 0 Å². The van der Waals surface area contributed by atoms with Gasteiger partial charge in [-0.2, -0.15) is 0 Å². The molecule has 0 saturated carbocycles. The molecule has 17 heavy (non-hydrogen) atoms. The fraction of sp³-hybridized carbons (Fsp3) is 0.125. The summed E-state index contributed by atoms with van der Waals surface area (Å²) in [6.45, 7) is 2.01. The first kappa shape index (κ1) is 11.3. The summed E-state index contributed by atoms with van der Waals surface area (Å²) in [6.07, 6.45) is 5.67. The first-order chi connectivity index (χ1) is 8.24. The van der Waals surface area contributed by atoms with Gasteiger partial charge in [-0.1, -0.05) is 54.5 Å². The van der Waals surface area contributed by atoms with E-state index in [1.165, 1.54) is 0 Å². The predicted molar refractivity (Wildman–Crippen MR) is 72.7 cm³/mol. The van der Waals surface area contributed by atoms with Crippen LogP contribution >= 0.6 is 0 Å². The maximum absolute atomic E-state index is 5.67. The standard InChI is InChI=1S/C16H15N/c1-3-16(2,14-10-6-4-7-11-14)17-15-12-8-5-9-13-15/h1,4-13,17H,2H3. The highest BCUT2D eigenvalue weighted by Crippen LogP contribution is 2.24. The van der Waals surface area contributed by atoms with Crippen LogP contribution in [0.5, 0.6) is 0 Å². The summed E-state index contributed by atoms with van der Waals surface area (Å²) in [5.41, 5.74) is 1.63. The fourth-order valence-electron chi connectivity index (χ4n) is 1.77. The van der Waals surface area contributed by atoms with Crippen LogP contribution < -0.4 is 5.32 Å². The van der Waals surface area contributed by atoms with Gasteiger partial charge >= 0.3 is 0 Å². The topological polar surface area (TPSA) is 12.0 Å². The average Bonchev–Trinajstić information content (AvgIpc) is 2.41. The Kier molecular flexibility index (Phi) is 3.16. The summed E-state index contributed by atoms with van der Waals surface area (Å²) in [6, 6.07) is 20.1. The predicted octanol–water partition coefficient (Wildman–Crippen LogP) is 3.65. The van der Waals surface area contributed by atoms with Crippen LogP contribution in [0, 0.1) is 12.3 Å². The van der Waals surface area contributed by atoms with Crippen molar-refractivity contribution in [2.75, 3.05) is 5.32 Å². The van der Waals surface area contributed by atoms with E-state index < -0.39 is 5.54 Å². The number of terminal acetylenes is 1. The Morgan fingerprint density at radius 3 is 2.00 bits per heavy atom. The molecule has 0 aromatic heterocycles. The Hall–Kier alpha value is -2.20. The van der Waals surface area contributed by atoms with Crippen LogP contribution in [-0.4, -0.2) is 0 Å². The monoisotopic (exact) mass is 221 g/mol. The van der Waals surface area contributed by atoms with Gasteiger partial charge in [0.1, 0.15) is 5.54 Å². The van der Waals surface area contributed by atoms with Gasteiger partial charge in [0.25, 0.3) is 0 Å². The Morgan fingerprint density at radius 1 is 0.941 bits per heavy atom. The molecule has 0 radical (unpaired) electrons. The lowest BCUT2D eigenvalue weighted by molar-refractivity contribution is 0.719. The lowest BCUT2D eigenvalue weighted by Crippen LogP contribution is -2.29. The summed E-state index contributed by atoms with van der Waals surface area (Å²) in [7, 11) is 0. The maximum Gasteiger partial charge on any atom is 0.121 e. The van der Waals surface area contributed by atoms with Crippen molar-refractivity contribution >= 4 is 5.69 Å². The number of benzene rings is 2. The van der Waals surface area contributed by atoms with Gasteiger partial charge in [-0.15, -0.1) is 6.42 Å². The van der Waals surface area contributed by atoms with E-state index in [1.807, 2.05) is 67.6 Å². The molecule has 0 aliphatic rings.